The number of halogens is 2. The number of carbonyl (C=O) groups excluding carboxylic acids is 2. The van der Waals surface area contributed by atoms with Gasteiger partial charge in [0.2, 0.25) is 11.6 Å². The number of pyridine rings is 1. The quantitative estimate of drug-likeness (QED) is 0.628. The van der Waals surface area contributed by atoms with Crippen molar-refractivity contribution < 1.29 is 23.5 Å². The van der Waals surface area contributed by atoms with Gasteiger partial charge in [0, 0.05) is 23.9 Å². The predicted molar refractivity (Wildman–Crippen MR) is 106 cm³/mol. The molecule has 4 rings (SSSR count). The zero-order chi connectivity index (χ0) is 21.3. The third-order valence-corrected chi connectivity index (χ3v) is 4.90. The molecule has 1 aliphatic carbocycles. The molecule has 2 N–H and O–H groups in total. The largest absolute Gasteiger partial charge is 0.507 e. The normalized spacial score (nSPS) is 14.6. The molecule has 30 heavy (non-hydrogen) atoms. The van der Waals surface area contributed by atoms with E-state index in [1.807, 2.05) is 0 Å². The van der Waals surface area contributed by atoms with Crippen LogP contribution in [0.3, 0.4) is 0 Å². The van der Waals surface area contributed by atoms with Crippen molar-refractivity contribution in [2.45, 2.75) is 12.6 Å². The number of benzene rings is 2. The number of Topliss-reactive ketones (excluding diaryl/α,β-unsaturated/α-hetero) is 2. The first-order valence-corrected chi connectivity index (χ1v) is 9.17. The third kappa shape index (κ3) is 3.51. The van der Waals surface area contributed by atoms with Crippen LogP contribution in [0.2, 0.25) is 0 Å². The van der Waals surface area contributed by atoms with Crippen molar-refractivity contribution in [1.29, 1.82) is 0 Å². The second kappa shape index (κ2) is 7.96. The Labute approximate surface area is 170 Å². The Morgan fingerprint density at radius 2 is 1.63 bits per heavy atom. The van der Waals surface area contributed by atoms with Crippen LogP contribution in [0.5, 0.6) is 0 Å². The fraction of sp³-hybridized carbons (Fsp3) is 0.0870. The van der Waals surface area contributed by atoms with Gasteiger partial charge in [-0.15, -0.1) is 0 Å². The molecule has 0 bridgehead atoms. The number of fused-ring (bicyclic) bond motifs is 1. The molecule has 7 heteroatoms. The van der Waals surface area contributed by atoms with Crippen LogP contribution in [0, 0.1) is 11.6 Å². The first-order chi connectivity index (χ1) is 14.5. The van der Waals surface area contributed by atoms with Crippen molar-refractivity contribution in [2.75, 3.05) is 0 Å². The molecule has 0 saturated carbocycles. The first kappa shape index (κ1) is 19.6. The molecule has 0 saturated heterocycles. The molecule has 2 aromatic carbocycles. The summed E-state index contributed by atoms with van der Waals surface area (Å²) in [5, 5.41) is 13.9. The Balaban J connectivity index is 1.77. The van der Waals surface area contributed by atoms with Crippen molar-refractivity contribution in [3.05, 3.63) is 106 Å². The lowest BCUT2D eigenvalue weighted by Gasteiger charge is -2.25. The van der Waals surface area contributed by atoms with E-state index >= 15 is 0 Å². The fourth-order valence-corrected chi connectivity index (χ4v) is 3.42. The lowest BCUT2D eigenvalue weighted by atomic mass is 9.84. The van der Waals surface area contributed by atoms with Crippen LogP contribution >= 0.6 is 0 Å². The average Bonchev–Trinajstić information content (AvgIpc) is 2.77. The molecular formula is C23H16F2N2O3. The summed E-state index contributed by atoms with van der Waals surface area (Å²) in [5.74, 6) is -3.86. The zero-order valence-corrected chi connectivity index (χ0v) is 15.6. The van der Waals surface area contributed by atoms with Crippen molar-refractivity contribution in [1.82, 2.24) is 10.3 Å². The Bertz CT molecular complexity index is 1180. The van der Waals surface area contributed by atoms with Gasteiger partial charge in [-0.1, -0.05) is 36.4 Å². The van der Waals surface area contributed by atoms with Crippen molar-refractivity contribution in [2.24, 2.45) is 0 Å². The zero-order valence-electron chi connectivity index (χ0n) is 15.6. The summed E-state index contributed by atoms with van der Waals surface area (Å²) in [6.45, 7) is 0.0400. The van der Waals surface area contributed by atoms with E-state index in [1.54, 1.807) is 36.4 Å². The number of aliphatic hydroxyl groups is 1. The van der Waals surface area contributed by atoms with Crippen LogP contribution in [-0.2, 0) is 11.3 Å². The summed E-state index contributed by atoms with van der Waals surface area (Å²) in [5.41, 5.74) is 1.06. The highest BCUT2D eigenvalue weighted by molar-refractivity contribution is 6.52. The molecule has 150 valence electrons. The Morgan fingerprint density at radius 3 is 2.33 bits per heavy atom. The molecule has 1 heterocycles. The lowest BCUT2D eigenvalue weighted by Crippen LogP contribution is -2.33. The molecule has 0 radical (unpaired) electrons. The number of hydrogen-bond donors (Lipinski definition) is 2. The summed E-state index contributed by atoms with van der Waals surface area (Å²) in [6.07, 6.45) is 1.52. The molecule has 1 unspecified atom stereocenters. The number of rotatable bonds is 5. The number of carbonyl (C=O) groups is 2. The van der Waals surface area contributed by atoms with Gasteiger partial charge in [0.1, 0.15) is 5.76 Å². The van der Waals surface area contributed by atoms with Crippen LogP contribution in [-0.4, -0.2) is 21.7 Å². The third-order valence-electron chi connectivity index (χ3n) is 4.90. The van der Waals surface area contributed by atoms with Gasteiger partial charge in [-0.3, -0.25) is 14.6 Å². The monoisotopic (exact) mass is 406 g/mol. The second-order valence-electron chi connectivity index (χ2n) is 6.78. The average molecular weight is 406 g/mol. The van der Waals surface area contributed by atoms with E-state index in [0.717, 1.165) is 12.1 Å². The van der Waals surface area contributed by atoms with Gasteiger partial charge in [-0.05, 0) is 29.8 Å². The molecule has 3 aromatic rings. The fourth-order valence-electron chi connectivity index (χ4n) is 3.42. The Morgan fingerprint density at radius 1 is 0.900 bits per heavy atom. The summed E-state index contributed by atoms with van der Waals surface area (Å²) in [6, 6.07) is 13.8. The van der Waals surface area contributed by atoms with E-state index in [0.29, 0.717) is 11.3 Å². The second-order valence-corrected chi connectivity index (χ2v) is 6.78. The summed E-state index contributed by atoms with van der Waals surface area (Å²) >= 11 is 0. The predicted octanol–water partition coefficient (Wildman–Crippen LogP) is 3.93. The van der Waals surface area contributed by atoms with Crippen LogP contribution < -0.4 is 5.32 Å². The number of ketones is 2. The molecule has 1 aliphatic rings. The van der Waals surface area contributed by atoms with E-state index in [9.17, 15) is 23.5 Å². The van der Waals surface area contributed by atoms with Gasteiger partial charge in [0.25, 0.3) is 0 Å². The molecule has 0 aliphatic heterocycles. The molecule has 1 aromatic heterocycles. The van der Waals surface area contributed by atoms with Crippen molar-refractivity contribution in [3.63, 3.8) is 0 Å². The summed E-state index contributed by atoms with van der Waals surface area (Å²) in [4.78, 5) is 29.8. The number of hydrogen-bond acceptors (Lipinski definition) is 5. The maximum absolute atomic E-state index is 13.6. The van der Waals surface area contributed by atoms with Crippen LogP contribution in [0.4, 0.5) is 8.78 Å². The van der Waals surface area contributed by atoms with Crippen molar-refractivity contribution >= 4 is 17.3 Å². The number of aliphatic hydroxyl groups excluding tert-OH is 1. The lowest BCUT2D eigenvalue weighted by molar-refractivity contribution is -0.112. The standard InChI is InChI=1S/C23H16F2N2O3/c24-16-9-8-13(11-17(16)25)12-27-20(18-7-3-4-10-26-18)19-21(28)14-5-1-2-6-15(14)22(29)23(19)30/h1-11,20,27-28H,12H2. The van der Waals surface area contributed by atoms with Crippen molar-refractivity contribution in [3.8, 4) is 0 Å². The van der Waals surface area contributed by atoms with E-state index in [-0.39, 0.29) is 29.0 Å². The minimum Gasteiger partial charge on any atom is -0.507 e. The minimum absolute atomic E-state index is 0.0400. The van der Waals surface area contributed by atoms with Gasteiger partial charge < -0.3 is 10.4 Å². The number of nitrogens with one attached hydrogen (secondary N) is 1. The number of aromatic nitrogens is 1. The van der Waals surface area contributed by atoms with E-state index < -0.39 is 29.2 Å². The summed E-state index contributed by atoms with van der Waals surface area (Å²) in [7, 11) is 0. The highest BCUT2D eigenvalue weighted by Crippen LogP contribution is 2.34. The van der Waals surface area contributed by atoms with Gasteiger partial charge in [-0.2, -0.15) is 0 Å². The maximum atomic E-state index is 13.6. The highest BCUT2D eigenvalue weighted by Gasteiger charge is 2.37. The van der Waals surface area contributed by atoms with Crippen LogP contribution in [0.1, 0.15) is 33.2 Å². The Kier molecular flexibility index (Phi) is 5.20. The molecule has 5 nitrogen and oxygen atoms in total. The maximum Gasteiger partial charge on any atom is 0.235 e. The van der Waals surface area contributed by atoms with Crippen LogP contribution in [0.15, 0.2) is 72.4 Å². The first-order valence-electron chi connectivity index (χ1n) is 9.17. The minimum atomic E-state index is -0.997. The number of nitrogens with zero attached hydrogens (tertiary/aromatic N) is 1. The van der Waals surface area contributed by atoms with Crippen LogP contribution in [0.25, 0.3) is 5.76 Å². The van der Waals surface area contributed by atoms with Gasteiger partial charge in [-0.25, -0.2) is 8.78 Å². The van der Waals surface area contributed by atoms with E-state index in [1.165, 1.54) is 18.3 Å². The smallest absolute Gasteiger partial charge is 0.235 e. The van der Waals surface area contributed by atoms with E-state index in [2.05, 4.69) is 10.3 Å². The van der Waals surface area contributed by atoms with Gasteiger partial charge in [0.15, 0.2) is 11.6 Å². The van der Waals surface area contributed by atoms with E-state index in [4.69, 9.17) is 0 Å². The molecule has 0 amide bonds. The topological polar surface area (TPSA) is 79.3 Å². The SMILES string of the molecule is O=C1C(=O)c2ccccc2C(O)=C1C(NCc1ccc(F)c(F)c1)c1ccccn1. The van der Waals surface area contributed by atoms with Gasteiger partial charge >= 0.3 is 0 Å². The highest BCUT2D eigenvalue weighted by atomic mass is 19.2. The Hall–Kier alpha value is -3.71. The molecule has 0 fully saturated rings. The summed E-state index contributed by atoms with van der Waals surface area (Å²) < 4.78 is 26.8. The molecule has 1 atom stereocenters. The molecular weight excluding hydrogens is 390 g/mol. The molecule has 0 spiro atoms. The van der Waals surface area contributed by atoms with Gasteiger partial charge in [0.05, 0.1) is 17.3 Å².